The number of hydrogen-bond donors (Lipinski definition) is 1. The van der Waals surface area contributed by atoms with Crippen molar-refractivity contribution in [3.05, 3.63) is 100 Å². The molecule has 0 saturated heterocycles. The Morgan fingerprint density at radius 3 is 2.16 bits per heavy atom. The number of ether oxygens (including phenoxy) is 1. The van der Waals surface area contributed by atoms with Gasteiger partial charge in [0.05, 0.1) is 17.3 Å². The first-order valence-electron chi connectivity index (χ1n) is 11.1. The smallest absolute Gasteiger partial charge is 0.406 e. The van der Waals surface area contributed by atoms with Crippen molar-refractivity contribution in [2.24, 2.45) is 0 Å². The van der Waals surface area contributed by atoms with Gasteiger partial charge >= 0.3 is 12.5 Å². The van der Waals surface area contributed by atoms with Crippen LogP contribution in [0.4, 0.5) is 32.0 Å². The highest BCUT2D eigenvalue weighted by molar-refractivity contribution is 6.31. The number of nitrogens with one attached hydrogen (secondary N) is 1. The van der Waals surface area contributed by atoms with E-state index < -0.39 is 41.5 Å². The molecule has 0 bridgehead atoms. The highest BCUT2D eigenvalue weighted by Crippen LogP contribution is 2.40. The Labute approximate surface area is 218 Å². The topological polar surface area (TPSA) is 54.5 Å². The highest BCUT2D eigenvalue weighted by atomic mass is 35.5. The molecule has 1 N–H and O–H groups in total. The molecule has 12 heteroatoms. The zero-order valence-electron chi connectivity index (χ0n) is 19.9. The van der Waals surface area contributed by atoms with Crippen LogP contribution in [-0.2, 0) is 16.5 Å². The van der Waals surface area contributed by atoms with Crippen LogP contribution in [0.15, 0.2) is 78.6 Å². The molecule has 5 nitrogen and oxygen atoms in total. The van der Waals surface area contributed by atoms with Gasteiger partial charge in [-0.25, -0.2) is 0 Å². The van der Waals surface area contributed by atoms with Crippen molar-refractivity contribution in [3.8, 4) is 5.75 Å². The van der Waals surface area contributed by atoms with E-state index in [0.29, 0.717) is 16.1 Å². The number of rotatable bonds is 6. The molecule has 1 unspecified atom stereocenters. The molecule has 1 aliphatic rings. The quantitative estimate of drug-likeness (QED) is 0.328. The van der Waals surface area contributed by atoms with Crippen molar-refractivity contribution in [3.63, 3.8) is 0 Å². The van der Waals surface area contributed by atoms with Gasteiger partial charge in [0.1, 0.15) is 11.4 Å². The first-order chi connectivity index (χ1) is 17.7. The molecule has 0 radical (unpaired) electrons. The van der Waals surface area contributed by atoms with E-state index in [0.717, 1.165) is 24.4 Å². The number of halogens is 7. The Hall–Kier alpha value is -3.73. The molecule has 0 saturated carbocycles. The average Bonchev–Trinajstić information content (AvgIpc) is 3.13. The number of carbonyl (C=O) groups is 1. The fourth-order valence-electron chi connectivity index (χ4n) is 4.03. The van der Waals surface area contributed by atoms with Gasteiger partial charge in [-0.2, -0.15) is 13.2 Å². The third-order valence-electron chi connectivity index (χ3n) is 5.85. The van der Waals surface area contributed by atoms with Crippen molar-refractivity contribution in [2.45, 2.75) is 38.0 Å². The number of alkyl halides is 6. The first-order valence-corrected chi connectivity index (χ1v) is 11.5. The third kappa shape index (κ3) is 5.88. The number of amides is 1. The SMILES string of the molecule is CC(C)(NC1=CC(c2ccccc2Cl)N(c2ccc(OC(F)(F)F)cc2)C1=O)c1ccc(C(F)(F)F)nc1. The van der Waals surface area contributed by atoms with Crippen LogP contribution in [0, 0.1) is 0 Å². The van der Waals surface area contributed by atoms with Crippen LogP contribution in [0.25, 0.3) is 0 Å². The number of pyridine rings is 1. The number of benzene rings is 2. The monoisotopic (exact) mass is 555 g/mol. The number of nitrogens with zero attached hydrogens (tertiary/aromatic N) is 2. The van der Waals surface area contributed by atoms with E-state index in [9.17, 15) is 31.1 Å². The summed E-state index contributed by atoms with van der Waals surface area (Å²) in [6.07, 6.45) is -6.78. The van der Waals surface area contributed by atoms with Crippen LogP contribution >= 0.6 is 11.6 Å². The fourth-order valence-corrected chi connectivity index (χ4v) is 4.27. The van der Waals surface area contributed by atoms with Crippen molar-refractivity contribution in [2.75, 3.05) is 4.90 Å². The van der Waals surface area contributed by atoms with Gasteiger partial charge in [0, 0.05) is 16.9 Å². The molecule has 1 atom stereocenters. The summed E-state index contributed by atoms with van der Waals surface area (Å²) in [5, 5.41) is 3.43. The van der Waals surface area contributed by atoms with Crippen LogP contribution < -0.4 is 15.0 Å². The van der Waals surface area contributed by atoms with Crippen LogP contribution in [0.2, 0.25) is 5.02 Å². The summed E-state index contributed by atoms with van der Waals surface area (Å²) in [4.78, 5) is 18.4. The van der Waals surface area contributed by atoms with Crippen molar-refractivity contribution in [1.29, 1.82) is 0 Å². The molecule has 1 aromatic heterocycles. The summed E-state index contributed by atoms with van der Waals surface area (Å²) >= 11 is 6.40. The van der Waals surface area contributed by atoms with E-state index in [1.54, 1.807) is 44.2 Å². The number of anilines is 1. The molecule has 38 heavy (non-hydrogen) atoms. The predicted molar refractivity (Wildman–Crippen MR) is 128 cm³/mol. The average molecular weight is 556 g/mol. The van der Waals surface area contributed by atoms with Crippen molar-refractivity contribution < 1.29 is 35.9 Å². The lowest BCUT2D eigenvalue weighted by atomic mass is 9.95. The van der Waals surface area contributed by atoms with Gasteiger partial charge in [0.2, 0.25) is 0 Å². The summed E-state index contributed by atoms with van der Waals surface area (Å²) in [7, 11) is 0. The maximum Gasteiger partial charge on any atom is 0.573 e. The minimum atomic E-state index is -4.87. The van der Waals surface area contributed by atoms with Crippen LogP contribution in [0.1, 0.15) is 36.7 Å². The molecule has 4 rings (SSSR count). The Bertz CT molecular complexity index is 1350. The predicted octanol–water partition coefficient (Wildman–Crippen LogP) is 7.15. The second-order valence-electron chi connectivity index (χ2n) is 8.94. The number of carbonyl (C=O) groups excluding carboxylic acids is 1. The Morgan fingerprint density at radius 2 is 1.61 bits per heavy atom. The van der Waals surface area contributed by atoms with Gasteiger partial charge in [-0.1, -0.05) is 35.9 Å². The fraction of sp³-hybridized carbons (Fsp3) is 0.231. The van der Waals surface area contributed by atoms with Gasteiger partial charge < -0.3 is 10.1 Å². The van der Waals surface area contributed by atoms with Gasteiger partial charge in [-0.3, -0.25) is 14.7 Å². The summed E-state index contributed by atoms with van der Waals surface area (Å²) in [6, 6.07) is 13.0. The van der Waals surface area contributed by atoms with E-state index in [1.807, 2.05) is 0 Å². The molecule has 2 heterocycles. The van der Waals surface area contributed by atoms with Gasteiger partial charge in [0.15, 0.2) is 0 Å². The molecule has 200 valence electrons. The standard InChI is InChI=1S/C26H20ClF6N3O2/c1-24(2,15-7-12-22(34-14-15)25(28,29)30)35-20-13-21(18-5-3-4-6-19(18)27)36(23(20)37)16-8-10-17(11-9-16)38-26(31,32)33/h3-14,21,35H,1-2H3. The zero-order valence-corrected chi connectivity index (χ0v) is 20.6. The lowest BCUT2D eigenvalue weighted by Crippen LogP contribution is -2.40. The number of hydrogen-bond acceptors (Lipinski definition) is 4. The lowest BCUT2D eigenvalue weighted by Gasteiger charge is -2.29. The van der Waals surface area contributed by atoms with Gasteiger partial charge in [0.25, 0.3) is 5.91 Å². The van der Waals surface area contributed by atoms with E-state index in [2.05, 4.69) is 15.0 Å². The second-order valence-corrected chi connectivity index (χ2v) is 9.35. The second kappa shape index (κ2) is 9.86. The molecule has 3 aromatic rings. The molecule has 0 fully saturated rings. The van der Waals surface area contributed by atoms with Crippen LogP contribution in [0.3, 0.4) is 0 Å². The summed E-state index contributed by atoms with van der Waals surface area (Å²) in [5.41, 5.74) is -0.725. The van der Waals surface area contributed by atoms with Crippen LogP contribution in [-0.4, -0.2) is 17.3 Å². The Morgan fingerprint density at radius 1 is 0.947 bits per heavy atom. The minimum Gasteiger partial charge on any atom is -0.406 e. The maximum absolute atomic E-state index is 13.6. The molecule has 0 aliphatic carbocycles. The molecular formula is C26H20ClF6N3O2. The zero-order chi connectivity index (χ0) is 27.9. The lowest BCUT2D eigenvalue weighted by molar-refractivity contribution is -0.274. The molecule has 2 aromatic carbocycles. The minimum absolute atomic E-state index is 0.121. The highest BCUT2D eigenvalue weighted by Gasteiger charge is 2.39. The Balaban J connectivity index is 1.67. The maximum atomic E-state index is 13.6. The third-order valence-corrected chi connectivity index (χ3v) is 6.19. The first kappa shape index (κ1) is 27.3. The largest absolute Gasteiger partial charge is 0.573 e. The van der Waals surface area contributed by atoms with Crippen LogP contribution in [0.5, 0.6) is 5.75 Å². The van der Waals surface area contributed by atoms with E-state index in [1.165, 1.54) is 23.1 Å². The normalized spacial score (nSPS) is 16.4. The van der Waals surface area contributed by atoms with E-state index >= 15 is 0 Å². The summed E-state index contributed by atoms with van der Waals surface area (Å²) in [6.45, 7) is 3.34. The van der Waals surface area contributed by atoms with Gasteiger partial charge in [-0.15, -0.1) is 13.2 Å². The van der Waals surface area contributed by atoms with E-state index in [4.69, 9.17) is 11.6 Å². The molecule has 1 aliphatic heterocycles. The number of aromatic nitrogens is 1. The van der Waals surface area contributed by atoms with Crippen molar-refractivity contribution in [1.82, 2.24) is 10.3 Å². The van der Waals surface area contributed by atoms with Gasteiger partial charge in [-0.05, 0) is 67.4 Å². The van der Waals surface area contributed by atoms with Crippen molar-refractivity contribution >= 4 is 23.2 Å². The molecular weight excluding hydrogens is 536 g/mol. The summed E-state index contributed by atoms with van der Waals surface area (Å²) in [5.74, 6) is -0.975. The Kier molecular flexibility index (Phi) is 7.09. The van der Waals surface area contributed by atoms with E-state index in [-0.39, 0.29) is 11.4 Å². The molecule has 1 amide bonds. The molecule has 0 spiro atoms. The summed E-state index contributed by atoms with van der Waals surface area (Å²) < 4.78 is 80.5.